The second kappa shape index (κ2) is 9.12. The summed E-state index contributed by atoms with van der Waals surface area (Å²) < 4.78 is 39.9. The summed E-state index contributed by atoms with van der Waals surface area (Å²) in [5, 5.41) is 2.96. The third-order valence-electron chi connectivity index (χ3n) is 5.36. The molecule has 2 aliphatic heterocycles. The van der Waals surface area contributed by atoms with Crippen LogP contribution in [-0.2, 0) is 14.8 Å². The van der Waals surface area contributed by atoms with Crippen LogP contribution in [0.2, 0.25) is 0 Å². The lowest BCUT2D eigenvalue weighted by atomic mass is 9.99. The van der Waals surface area contributed by atoms with Crippen molar-refractivity contribution in [2.24, 2.45) is 5.92 Å². The van der Waals surface area contributed by atoms with Crippen LogP contribution in [-0.4, -0.2) is 62.8 Å². The van der Waals surface area contributed by atoms with Gasteiger partial charge in [-0.05, 0) is 76.0 Å². The van der Waals surface area contributed by atoms with Crippen molar-refractivity contribution in [2.75, 3.05) is 39.3 Å². The van der Waals surface area contributed by atoms with Crippen molar-refractivity contribution >= 4 is 15.9 Å². The van der Waals surface area contributed by atoms with Crippen LogP contribution in [0.15, 0.2) is 29.2 Å². The maximum absolute atomic E-state index is 13.1. The molecule has 0 aliphatic carbocycles. The molecule has 2 saturated heterocycles. The largest absolute Gasteiger partial charge is 0.356 e. The smallest absolute Gasteiger partial charge is 0.243 e. The molecule has 150 valence electrons. The first-order valence-corrected chi connectivity index (χ1v) is 11.2. The third kappa shape index (κ3) is 5.27. The fourth-order valence-corrected chi connectivity index (χ4v) is 5.32. The summed E-state index contributed by atoms with van der Waals surface area (Å²) in [4.78, 5) is 14.9. The van der Waals surface area contributed by atoms with E-state index < -0.39 is 15.8 Å². The van der Waals surface area contributed by atoms with Gasteiger partial charge in [-0.1, -0.05) is 0 Å². The average molecular weight is 398 g/mol. The summed E-state index contributed by atoms with van der Waals surface area (Å²) in [6, 6.07) is 4.82. The van der Waals surface area contributed by atoms with Gasteiger partial charge in [0, 0.05) is 19.6 Å². The molecule has 2 aliphatic rings. The Bertz CT molecular complexity index is 733. The summed E-state index contributed by atoms with van der Waals surface area (Å²) in [5.74, 6) is -0.880. The Morgan fingerprint density at radius 3 is 2.52 bits per heavy atom. The fourth-order valence-electron chi connectivity index (χ4n) is 3.80. The zero-order valence-electron chi connectivity index (χ0n) is 15.6. The molecule has 6 nitrogen and oxygen atoms in total. The van der Waals surface area contributed by atoms with Crippen molar-refractivity contribution in [3.05, 3.63) is 30.1 Å². The molecule has 1 aromatic rings. The minimum atomic E-state index is -3.70. The molecule has 8 heteroatoms. The lowest BCUT2D eigenvalue weighted by molar-refractivity contribution is -0.126. The van der Waals surface area contributed by atoms with Gasteiger partial charge in [-0.3, -0.25) is 4.79 Å². The molecule has 2 heterocycles. The SMILES string of the molecule is O=C(NCCCN1CCCC1)C1CCCN(S(=O)(=O)c2ccc(F)cc2)C1. The molecular formula is C19H28FN3O3S. The highest BCUT2D eigenvalue weighted by atomic mass is 32.2. The van der Waals surface area contributed by atoms with Crippen LogP contribution in [0.4, 0.5) is 4.39 Å². The summed E-state index contributed by atoms with van der Waals surface area (Å²) >= 11 is 0. The quantitative estimate of drug-likeness (QED) is 0.713. The number of hydrogen-bond acceptors (Lipinski definition) is 4. The molecule has 3 rings (SSSR count). The van der Waals surface area contributed by atoms with Crippen molar-refractivity contribution in [2.45, 2.75) is 37.0 Å². The van der Waals surface area contributed by atoms with Gasteiger partial charge in [-0.25, -0.2) is 12.8 Å². The summed E-state index contributed by atoms with van der Waals surface area (Å²) in [5.41, 5.74) is 0. The van der Waals surface area contributed by atoms with Gasteiger partial charge in [0.15, 0.2) is 0 Å². The van der Waals surface area contributed by atoms with Crippen LogP contribution in [0.25, 0.3) is 0 Å². The van der Waals surface area contributed by atoms with E-state index in [1.54, 1.807) is 0 Å². The Balaban J connectivity index is 1.50. The minimum absolute atomic E-state index is 0.0653. The lowest BCUT2D eigenvalue weighted by Crippen LogP contribution is -2.45. The maximum Gasteiger partial charge on any atom is 0.243 e. The first-order chi connectivity index (χ1) is 13.0. The van der Waals surface area contributed by atoms with Crippen molar-refractivity contribution in [3.63, 3.8) is 0 Å². The highest BCUT2D eigenvalue weighted by molar-refractivity contribution is 7.89. The Kier molecular flexibility index (Phi) is 6.83. The van der Waals surface area contributed by atoms with Gasteiger partial charge in [-0.2, -0.15) is 4.31 Å². The topological polar surface area (TPSA) is 69.7 Å². The van der Waals surface area contributed by atoms with E-state index in [9.17, 15) is 17.6 Å². The van der Waals surface area contributed by atoms with E-state index in [1.165, 1.54) is 29.3 Å². The number of rotatable bonds is 7. The van der Waals surface area contributed by atoms with Crippen LogP contribution >= 0.6 is 0 Å². The zero-order valence-corrected chi connectivity index (χ0v) is 16.4. The van der Waals surface area contributed by atoms with Gasteiger partial charge in [0.2, 0.25) is 15.9 Å². The minimum Gasteiger partial charge on any atom is -0.356 e. The Hall–Kier alpha value is -1.51. The number of nitrogens with zero attached hydrogens (tertiary/aromatic N) is 2. The number of halogens is 1. The van der Waals surface area contributed by atoms with Gasteiger partial charge >= 0.3 is 0 Å². The fraction of sp³-hybridized carbons (Fsp3) is 0.632. The Morgan fingerprint density at radius 2 is 1.81 bits per heavy atom. The van der Waals surface area contributed by atoms with Crippen LogP contribution in [0.1, 0.15) is 32.1 Å². The van der Waals surface area contributed by atoms with Crippen LogP contribution in [0.5, 0.6) is 0 Å². The van der Waals surface area contributed by atoms with Gasteiger partial charge in [-0.15, -0.1) is 0 Å². The molecule has 27 heavy (non-hydrogen) atoms. The highest BCUT2D eigenvalue weighted by Gasteiger charge is 2.33. The maximum atomic E-state index is 13.1. The highest BCUT2D eigenvalue weighted by Crippen LogP contribution is 2.24. The third-order valence-corrected chi connectivity index (χ3v) is 7.23. The molecule has 0 spiro atoms. The van der Waals surface area contributed by atoms with E-state index in [1.807, 2.05) is 0 Å². The first kappa shape index (κ1) is 20.2. The second-order valence-electron chi connectivity index (χ2n) is 7.35. The van der Waals surface area contributed by atoms with Crippen molar-refractivity contribution in [1.29, 1.82) is 0 Å². The number of likely N-dealkylation sites (tertiary alicyclic amines) is 1. The van der Waals surface area contributed by atoms with E-state index in [0.29, 0.717) is 25.9 Å². The van der Waals surface area contributed by atoms with Crippen LogP contribution in [0, 0.1) is 11.7 Å². The summed E-state index contributed by atoms with van der Waals surface area (Å²) in [6.07, 6.45) is 4.76. The number of sulfonamides is 1. The predicted molar refractivity (Wildman–Crippen MR) is 101 cm³/mol. The Labute approximate surface area is 160 Å². The van der Waals surface area contributed by atoms with E-state index in [0.717, 1.165) is 38.2 Å². The molecule has 0 radical (unpaired) electrons. The van der Waals surface area contributed by atoms with Gasteiger partial charge in [0.1, 0.15) is 5.82 Å². The summed E-state index contributed by atoms with van der Waals surface area (Å²) in [7, 11) is -3.70. The molecule has 1 amide bonds. The van der Waals surface area contributed by atoms with Crippen LogP contribution in [0.3, 0.4) is 0 Å². The number of nitrogens with one attached hydrogen (secondary N) is 1. The molecule has 0 bridgehead atoms. The molecule has 1 atom stereocenters. The molecule has 0 saturated carbocycles. The van der Waals surface area contributed by atoms with E-state index in [2.05, 4.69) is 10.2 Å². The van der Waals surface area contributed by atoms with Crippen LogP contribution < -0.4 is 5.32 Å². The van der Waals surface area contributed by atoms with E-state index in [-0.39, 0.29) is 23.3 Å². The monoisotopic (exact) mass is 397 g/mol. The van der Waals surface area contributed by atoms with Crippen molar-refractivity contribution in [1.82, 2.24) is 14.5 Å². The van der Waals surface area contributed by atoms with Gasteiger partial charge < -0.3 is 10.2 Å². The number of piperidine rings is 1. The molecular weight excluding hydrogens is 369 g/mol. The molecule has 1 aromatic carbocycles. The number of amides is 1. The van der Waals surface area contributed by atoms with E-state index in [4.69, 9.17) is 0 Å². The second-order valence-corrected chi connectivity index (χ2v) is 9.29. The Morgan fingerprint density at radius 1 is 1.11 bits per heavy atom. The molecule has 2 fully saturated rings. The van der Waals surface area contributed by atoms with Crippen molar-refractivity contribution in [3.8, 4) is 0 Å². The number of hydrogen-bond donors (Lipinski definition) is 1. The molecule has 0 aromatic heterocycles. The molecule has 1 unspecified atom stereocenters. The molecule has 1 N–H and O–H groups in total. The number of benzene rings is 1. The summed E-state index contributed by atoms with van der Waals surface area (Å²) in [6.45, 7) is 4.47. The van der Waals surface area contributed by atoms with Gasteiger partial charge in [0.25, 0.3) is 0 Å². The number of carbonyl (C=O) groups is 1. The van der Waals surface area contributed by atoms with E-state index >= 15 is 0 Å². The first-order valence-electron chi connectivity index (χ1n) is 9.72. The van der Waals surface area contributed by atoms with Crippen molar-refractivity contribution < 1.29 is 17.6 Å². The normalized spacial score (nSPS) is 22.0. The van der Waals surface area contributed by atoms with Gasteiger partial charge in [0.05, 0.1) is 10.8 Å². The predicted octanol–water partition coefficient (Wildman–Crippen LogP) is 1.83. The standard InChI is InChI=1S/C19H28FN3O3S/c20-17-6-8-18(9-7-17)27(25,26)23-14-3-5-16(15-23)19(24)21-10-4-13-22-11-1-2-12-22/h6-9,16H,1-5,10-15H2,(H,21,24). The number of carbonyl (C=O) groups excluding carboxylic acids is 1. The zero-order chi connectivity index (χ0) is 19.3. The lowest BCUT2D eigenvalue weighted by Gasteiger charge is -2.31. The average Bonchev–Trinajstić information content (AvgIpc) is 3.19.